The van der Waals surface area contributed by atoms with Gasteiger partial charge in [0.15, 0.2) is 0 Å². The van der Waals surface area contributed by atoms with Gasteiger partial charge in [-0.15, -0.1) is 0 Å². The van der Waals surface area contributed by atoms with Gasteiger partial charge in [-0.3, -0.25) is 14.8 Å². The van der Waals surface area contributed by atoms with Crippen molar-refractivity contribution in [2.45, 2.75) is 19.9 Å². The smallest absolute Gasteiger partial charge is 0.287 e. The quantitative estimate of drug-likeness (QED) is 0.662. The maximum absolute atomic E-state index is 10.5. The molecule has 0 aliphatic heterocycles. The zero-order chi connectivity index (χ0) is 13.1. The van der Waals surface area contributed by atoms with Crippen LogP contribution < -0.4 is 5.32 Å². The van der Waals surface area contributed by atoms with E-state index in [0.29, 0.717) is 5.82 Å². The highest BCUT2D eigenvalue weighted by Crippen LogP contribution is 2.17. The molecule has 1 N–H and O–H groups in total. The Bertz CT molecular complexity index is 547. The van der Waals surface area contributed by atoms with E-state index in [-0.39, 0.29) is 11.7 Å². The van der Waals surface area contributed by atoms with Crippen LogP contribution in [0.3, 0.4) is 0 Å². The fourth-order valence-electron chi connectivity index (χ4n) is 1.40. The summed E-state index contributed by atoms with van der Waals surface area (Å²) in [6, 6.07) is 3.25. The SMILES string of the molecule is CC(C)n1cc(Nc2ccc([N+](=O)[O-])cn2)cn1. The molecular weight excluding hydrogens is 234 g/mol. The molecule has 2 aromatic heterocycles. The molecule has 0 radical (unpaired) electrons. The van der Waals surface area contributed by atoms with Crippen molar-refractivity contribution in [3.05, 3.63) is 40.8 Å². The van der Waals surface area contributed by atoms with Gasteiger partial charge in [-0.1, -0.05) is 0 Å². The first-order valence-electron chi connectivity index (χ1n) is 5.48. The van der Waals surface area contributed by atoms with Crippen LogP contribution in [0.5, 0.6) is 0 Å². The second kappa shape index (κ2) is 4.82. The average Bonchev–Trinajstić information content (AvgIpc) is 2.78. The number of nitrogens with one attached hydrogen (secondary N) is 1. The number of nitrogens with zero attached hydrogens (tertiary/aromatic N) is 4. The second-order valence-corrected chi connectivity index (χ2v) is 4.09. The summed E-state index contributed by atoms with van der Waals surface area (Å²) in [7, 11) is 0. The molecule has 0 saturated carbocycles. The third-order valence-corrected chi connectivity index (χ3v) is 2.36. The fraction of sp³-hybridized carbons (Fsp3) is 0.273. The molecule has 2 rings (SSSR count). The van der Waals surface area contributed by atoms with E-state index in [1.807, 2.05) is 24.7 Å². The Balaban J connectivity index is 2.10. The lowest BCUT2D eigenvalue weighted by atomic mass is 10.4. The Labute approximate surface area is 104 Å². The summed E-state index contributed by atoms with van der Waals surface area (Å²) in [5, 5.41) is 17.7. The van der Waals surface area contributed by atoms with Gasteiger partial charge < -0.3 is 5.32 Å². The first-order valence-corrected chi connectivity index (χ1v) is 5.48. The molecule has 0 aliphatic rings. The van der Waals surface area contributed by atoms with Gasteiger partial charge in [0.2, 0.25) is 0 Å². The summed E-state index contributed by atoms with van der Waals surface area (Å²) in [5.74, 6) is 0.545. The molecule has 2 heterocycles. The summed E-state index contributed by atoms with van der Waals surface area (Å²) < 4.78 is 1.81. The van der Waals surface area contributed by atoms with Gasteiger partial charge in [0.25, 0.3) is 5.69 Å². The third-order valence-electron chi connectivity index (χ3n) is 2.36. The summed E-state index contributed by atoms with van der Waals surface area (Å²) in [5.41, 5.74) is 0.767. The molecule has 0 fully saturated rings. The van der Waals surface area contributed by atoms with Crippen molar-refractivity contribution < 1.29 is 4.92 Å². The number of nitro groups is 1. The topological polar surface area (TPSA) is 85.9 Å². The molecule has 0 amide bonds. The maximum Gasteiger partial charge on any atom is 0.287 e. The number of hydrogen-bond donors (Lipinski definition) is 1. The number of pyridine rings is 1. The zero-order valence-electron chi connectivity index (χ0n) is 10.1. The first-order chi connectivity index (χ1) is 8.56. The van der Waals surface area contributed by atoms with E-state index in [4.69, 9.17) is 0 Å². The highest BCUT2D eigenvalue weighted by Gasteiger charge is 2.06. The van der Waals surface area contributed by atoms with E-state index in [1.165, 1.54) is 12.3 Å². The Morgan fingerprint density at radius 2 is 2.17 bits per heavy atom. The van der Waals surface area contributed by atoms with Crippen LogP contribution >= 0.6 is 0 Å². The van der Waals surface area contributed by atoms with E-state index >= 15 is 0 Å². The van der Waals surface area contributed by atoms with Crippen LogP contribution in [-0.2, 0) is 0 Å². The minimum absolute atomic E-state index is 0.0292. The average molecular weight is 247 g/mol. The molecular formula is C11H13N5O2. The molecule has 0 unspecified atom stereocenters. The molecule has 0 saturated heterocycles. The largest absolute Gasteiger partial charge is 0.338 e. The van der Waals surface area contributed by atoms with E-state index in [0.717, 1.165) is 5.69 Å². The molecule has 18 heavy (non-hydrogen) atoms. The summed E-state index contributed by atoms with van der Waals surface area (Å²) in [4.78, 5) is 14.0. The maximum atomic E-state index is 10.5. The molecule has 7 nitrogen and oxygen atoms in total. The minimum Gasteiger partial charge on any atom is -0.338 e. The highest BCUT2D eigenvalue weighted by atomic mass is 16.6. The Morgan fingerprint density at radius 3 is 2.67 bits per heavy atom. The second-order valence-electron chi connectivity index (χ2n) is 4.09. The number of rotatable bonds is 4. The van der Waals surface area contributed by atoms with E-state index in [2.05, 4.69) is 15.4 Å². The lowest BCUT2D eigenvalue weighted by molar-refractivity contribution is -0.385. The summed E-state index contributed by atoms with van der Waals surface area (Å²) in [6.45, 7) is 4.06. The van der Waals surface area contributed by atoms with Crippen LogP contribution in [-0.4, -0.2) is 19.7 Å². The van der Waals surface area contributed by atoms with Crippen molar-refractivity contribution in [3.8, 4) is 0 Å². The normalized spacial score (nSPS) is 10.6. The predicted octanol–water partition coefficient (Wildman–Crippen LogP) is 2.51. The van der Waals surface area contributed by atoms with Crippen molar-refractivity contribution in [3.63, 3.8) is 0 Å². The van der Waals surface area contributed by atoms with Gasteiger partial charge >= 0.3 is 0 Å². The van der Waals surface area contributed by atoms with Crippen LogP contribution in [0.1, 0.15) is 19.9 Å². The fourth-order valence-corrected chi connectivity index (χ4v) is 1.40. The molecule has 0 aromatic carbocycles. The van der Waals surface area contributed by atoms with Crippen LogP contribution in [0.2, 0.25) is 0 Å². The van der Waals surface area contributed by atoms with Crippen molar-refractivity contribution in [1.82, 2.24) is 14.8 Å². The van der Waals surface area contributed by atoms with E-state index in [9.17, 15) is 10.1 Å². The van der Waals surface area contributed by atoms with Gasteiger partial charge in [-0.25, -0.2) is 4.98 Å². The standard InChI is InChI=1S/C11H13N5O2/c1-8(2)15-7-9(5-13-15)14-11-4-3-10(6-12-11)16(17)18/h3-8H,1-2H3,(H,12,14). The van der Waals surface area contributed by atoms with Gasteiger partial charge in [0.05, 0.1) is 16.8 Å². The minimum atomic E-state index is -0.479. The van der Waals surface area contributed by atoms with E-state index < -0.39 is 4.92 Å². The van der Waals surface area contributed by atoms with Gasteiger partial charge in [0, 0.05) is 18.3 Å². The summed E-state index contributed by atoms with van der Waals surface area (Å²) in [6.07, 6.45) is 4.76. The molecule has 0 atom stereocenters. The third kappa shape index (κ3) is 2.62. The van der Waals surface area contributed by atoms with Crippen molar-refractivity contribution in [2.75, 3.05) is 5.32 Å². The lowest BCUT2D eigenvalue weighted by Gasteiger charge is -2.04. The molecule has 7 heteroatoms. The first kappa shape index (κ1) is 12.0. The Hall–Kier alpha value is -2.44. The van der Waals surface area contributed by atoms with E-state index in [1.54, 1.807) is 12.3 Å². The Kier molecular flexibility index (Phi) is 3.22. The molecule has 94 valence electrons. The predicted molar refractivity (Wildman–Crippen MR) is 66.8 cm³/mol. The van der Waals surface area contributed by atoms with Crippen LogP contribution in [0.25, 0.3) is 0 Å². The molecule has 2 aromatic rings. The van der Waals surface area contributed by atoms with Gasteiger partial charge in [-0.2, -0.15) is 5.10 Å². The van der Waals surface area contributed by atoms with Crippen LogP contribution in [0.15, 0.2) is 30.7 Å². The van der Waals surface area contributed by atoms with Crippen LogP contribution in [0, 0.1) is 10.1 Å². The molecule has 0 aliphatic carbocycles. The van der Waals surface area contributed by atoms with Crippen molar-refractivity contribution in [1.29, 1.82) is 0 Å². The van der Waals surface area contributed by atoms with Gasteiger partial charge in [-0.05, 0) is 19.9 Å². The molecule has 0 bridgehead atoms. The van der Waals surface area contributed by atoms with Crippen molar-refractivity contribution in [2.24, 2.45) is 0 Å². The number of aromatic nitrogens is 3. The highest BCUT2D eigenvalue weighted by molar-refractivity contribution is 5.54. The monoisotopic (exact) mass is 247 g/mol. The van der Waals surface area contributed by atoms with Crippen LogP contribution in [0.4, 0.5) is 17.2 Å². The number of hydrogen-bond acceptors (Lipinski definition) is 5. The summed E-state index contributed by atoms with van der Waals surface area (Å²) >= 11 is 0. The van der Waals surface area contributed by atoms with Gasteiger partial charge in [0.1, 0.15) is 12.0 Å². The van der Waals surface area contributed by atoms with Crippen molar-refractivity contribution >= 4 is 17.2 Å². The number of anilines is 2. The molecule has 0 spiro atoms. The zero-order valence-corrected chi connectivity index (χ0v) is 10.1. The Morgan fingerprint density at radius 1 is 1.39 bits per heavy atom. The lowest BCUT2D eigenvalue weighted by Crippen LogP contribution is -2.00.